The quantitative estimate of drug-likeness (QED) is 0.186. The van der Waals surface area contributed by atoms with E-state index in [2.05, 4.69) is 4.98 Å². The number of alkyl halides is 3. The number of pyridine rings is 2. The Morgan fingerprint density at radius 1 is 1.00 bits per heavy atom. The Labute approximate surface area is 254 Å². The van der Waals surface area contributed by atoms with E-state index in [1.807, 2.05) is 79.3 Å². The Balaban J connectivity index is 0.000000541. The standard InChI is InChI=1S/C28H24Cl2N4O2.C2HF3O2/c1-18-14-34(17-35-15-20-7-4-3-5-8-20)33-27(18)22-11-19(2)32-28-21(22)9-6-10-26(28)36-16-23-24(29)12-31-13-25(23)30;3-2(4,5)1(6)7/h3-14H,15-17H2,1-2H3;(H,6,7). The molecule has 224 valence electrons. The number of rotatable bonds is 8. The van der Waals surface area contributed by atoms with E-state index in [0.29, 0.717) is 34.7 Å². The fourth-order valence-electron chi connectivity index (χ4n) is 4.07. The summed E-state index contributed by atoms with van der Waals surface area (Å²) in [5.41, 5.74) is 6.34. The minimum atomic E-state index is -5.08. The molecule has 8 nitrogen and oxygen atoms in total. The summed E-state index contributed by atoms with van der Waals surface area (Å²) in [5, 5.41) is 13.8. The molecule has 2 aromatic carbocycles. The lowest BCUT2D eigenvalue weighted by atomic mass is 10.0. The minimum absolute atomic E-state index is 0.205. The number of aromatic nitrogens is 4. The third-order valence-corrected chi connectivity index (χ3v) is 6.68. The number of nitrogens with zero attached hydrogens (tertiary/aromatic N) is 4. The van der Waals surface area contributed by atoms with E-state index >= 15 is 0 Å². The molecule has 0 aliphatic rings. The van der Waals surface area contributed by atoms with Gasteiger partial charge in [0.2, 0.25) is 0 Å². The van der Waals surface area contributed by atoms with Crippen LogP contribution in [0, 0.1) is 13.8 Å². The first-order valence-electron chi connectivity index (χ1n) is 12.7. The number of ether oxygens (including phenoxy) is 2. The highest BCUT2D eigenvalue weighted by atomic mass is 35.5. The highest BCUT2D eigenvalue weighted by Gasteiger charge is 2.38. The highest BCUT2D eigenvalue weighted by molar-refractivity contribution is 6.35. The largest absolute Gasteiger partial charge is 0.490 e. The van der Waals surface area contributed by atoms with E-state index in [0.717, 1.165) is 39.0 Å². The van der Waals surface area contributed by atoms with E-state index in [4.69, 9.17) is 52.7 Å². The van der Waals surface area contributed by atoms with Crippen LogP contribution in [-0.2, 0) is 29.5 Å². The van der Waals surface area contributed by atoms with Crippen LogP contribution in [0.5, 0.6) is 5.75 Å². The lowest BCUT2D eigenvalue weighted by molar-refractivity contribution is -0.192. The molecule has 5 aromatic rings. The topological polar surface area (TPSA) is 99.4 Å². The molecule has 0 radical (unpaired) electrons. The van der Waals surface area contributed by atoms with Crippen LogP contribution < -0.4 is 4.74 Å². The number of carboxylic acids is 1. The van der Waals surface area contributed by atoms with Crippen molar-refractivity contribution in [3.63, 3.8) is 0 Å². The maximum Gasteiger partial charge on any atom is 0.490 e. The molecule has 1 N–H and O–H groups in total. The average Bonchev–Trinajstić information content (AvgIpc) is 3.32. The molecular formula is C30H25Cl2F3N4O4. The fourth-order valence-corrected chi connectivity index (χ4v) is 4.55. The van der Waals surface area contributed by atoms with Crippen LogP contribution in [0.15, 0.2) is 73.2 Å². The van der Waals surface area contributed by atoms with Gasteiger partial charge in [0.15, 0.2) is 0 Å². The van der Waals surface area contributed by atoms with Crippen molar-refractivity contribution in [3.05, 3.63) is 106 Å². The predicted octanol–water partition coefficient (Wildman–Crippen LogP) is 7.80. The SMILES string of the molecule is Cc1cc(-c2nn(COCc3ccccc3)cc2C)c2cccc(OCc3c(Cl)cncc3Cl)c2n1.O=C(O)C(F)(F)F. The van der Waals surface area contributed by atoms with Crippen molar-refractivity contribution in [2.45, 2.75) is 40.0 Å². The molecule has 5 rings (SSSR count). The van der Waals surface area contributed by atoms with Crippen LogP contribution in [0.25, 0.3) is 22.2 Å². The zero-order chi connectivity index (χ0) is 31.1. The van der Waals surface area contributed by atoms with E-state index in [-0.39, 0.29) is 6.61 Å². The molecule has 43 heavy (non-hydrogen) atoms. The molecule has 0 aliphatic carbocycles. The van der Waals surface area contributed by atoms with Gasteiger partial charge >= 0.3 is 12.1 Å². The maximum atomic E-state index is 10.6. The molecule has 0 bridgehead atoms. The van der Waals surface area contributed by atoms with Crippen molar-refractivity contribution in [3.8, 4) is 17.0 Å². The van der Waals surface area contributed by atoms with Crippen LogP contribution in [0.3, 0.4) is 0 Å². The number of para-hydroxylation sites is 1. The normalized spacial score (nSPS) is 11.2. The van der Waals surface area contributed by atoms with Crippen molar-refractivity contribution >= 4 is 40.1 Å². The molecule has 0 saturated heterocycles. The average molecular weight is 633 g/mol. The number of fused-ring (bicyclic) bond motifs is 1. The van der Waals surface area contributed by atoms with Gasteiger partial charge in [-0.3, -0.25) is 4.98 Å². The second-order valence-corrected chi connectivity index (χ2v) is 10.1. The summed E-state index contributed by atoms with van der Waals surface area (Å²) in [7, 11) is 0. The van der Waals surface area contributed by atoms with E-state index in [1.54, 1.807) is 12.4 Å². The summed E-state index contributed by atoms with van der Waals surface area (Å²) < 4.78 is 45.6. The molecular weight excluding hydrogens is 608 g/mol. The summed E-state index contributed by atoms with van der Waals surface area (Å²) in [4.78, 5) is 17.7. The van der Waals surface area contributed by atoms with Crippen LogP contribution in [0.2, 0.25) is 10.0 Å². The Bertz CT molecular complexity index is 1710. The van der Waals surface area contributed by atoms with E-state index in [1.165, 1.54) is 0 Å². The van der Waals surface area contributed by atoms with Crippen LogP contribution in [0.1, 0.15) is 22.4 Å². The second-order valence-electron chi connectivity index (χ2n) is 9.30. The first kappa shape index (κ1) is 31.7. The first-order chi connectivity index (χ1) is 20.4. The Morgan fingerprint density at radius 2 is 1.67 bits per heavy atom. The number of carbonyl (C=O) groups is 1. The third-order valence-electron chi connectivity index (χ3n) is 6.03. The van der Waals surface area contributed by atoms with Crippen LogP contribution >= 0.6 is 23.2 Å². The summed E-state index contributed by atoms with van der Waals surface area (Å²) in [6.45, 7) is 5.10. The molecule has 0 unspecified atom stereocenters. The summed E-state index contributed by atoms with van der Waals surface area (Å²) >= 11 is 12.5. The zero-order valence-corrected chi connectivity index (χ0v) is 24.4. The van der Waals surface area contributed by atoms with Crippen molar-refractivity contribution in [1.82, 2.24) is 19.7 Å². The van der Waals surface area contributed by atoms with Crippen molar-refractivity contribution in [2.24, 2.45) is 0 Å². The second kappa shape index (κ2) is 13.9. The Morgan fingerprint density at radius 3 is 2.33 bits per heavy atom. The van der Waals surface area contributed by atoms with Gasteiger partial charge in [-0.15, -0.1) is 0 Å². The van der Waals surface area contributed by atoms with Crippen molar-refractivity contribution in [1.29, 1.82) is 0 Å². The highest BCUT2D eigenvalue weighted by Crippen LogP contribution is 2.35. The zero-order valence-electron chi connectivity index (χ0n) is 22.9. The van der Waals surface area contributed by atoms with Crippen molar-refractivity contribution < 1.29 is 32.5 Å². The summed E-state index contributed by atoms with van der Waals surface area (Å²) in [6.07, 6.45) is 0.0204. The van der Waals surface area contributed by atoms with Crippen molar-refractivity contribution in [2.75, 3.05) is 0 Å². The number of aliphatic carboxylic acids is 1. The van der Waals surface area contributed by atoms with Crippen LogP contribution in [0.4, 0.5) is 13.2 Å². The molecule has 0 aliphatic heterocycles. The first-order valence-corrected chi connectivity index (χ1v) is 13.5. The van der Waals surface area contributed by atoms with Gasteiger partial charge in [0.05, 0.1) is 22.3 Å². The monoisotopic (exact) mass is 632 g/mol. The van der Waals surface area contributed by atoms with Gasteiger partial charge in [-0.25, -0.2) is 14.5 Å². The predicted molar refractivity (Wildman–Crippen MR) is 156 cm³/mol. The third kappa shape index (κ3) is 8.22. The number of hydrogen-bond donors (Lipinski definition) is 1. The minimum Gasteiger partial charge on any atom is -0.487 e. The number of benzene rings is 2. The maximum absolute atomic E-state index is 10.6. The molecule has 3 aromatic heterocycles. The molecule has 0 spiro atoms. The Kier molecular flexibility index (Phi) is 10.2. The number of halogens is 5. The van der Waals surface area contributed by atoms with Crippen LogP contribution in [-0.4, -0.2) is 37.0 Å². The van der Waals surface area contributed by atoms with E-state index < -0.39 is 12.1 Å². The van der Waals surface area contributed by atoms with Gasteiger partial charge in [-0.1, -0.05) is 65.7 Å². The van der Waals surface area contributed by atoms with Gasteiger partial charge in [-0.2, -0.15) is 18.3 Å². The number of carboxylic acid groups (broad SMARTS) is 1. The Hall–Kier alpha value is -4.19. The summed E-state index contributed by atoms with van der Waals surface area (Å²) in [6, 6.07) is 18.0. The molecule has 0 amide bonds. The van der Waals surface area contributed by atoms with E-state index in [9.17, 15) is 13.2 Å². The molecule has 0 atom stereocenters. The fraction of sp³-hybridized carbons (Fsp3) is 0.200. The number of aryl methyl sites for hydroxylation is 2. The number of hydrogen-bond acceptors (Lipinski definition) is 6. The molecule has 0 saturated carbocycles. The molecule has 0 fully saturated rings. The molecule has 13 heteroatoms. The molecule has 3 heterocycles. The lowest BCUT2D eigenvalue weighted by Crippen LogP contribution is -2.21. The van der Waals surface area contributed by atoms with Gasteiger partial charge in [0.25, 0.3) is 0 Å². The summed E-state index contributed by atoms with van der Waals surface area (Å²) in [5.74, 6) is -2.11. The van der Waals surface area contributed by atoms with Gasteiger partial charge in [0, 0.05) is 40.8 Å². The lowest BCUT2D eigenvalue weighted by Gasteiger charge is -2.13. The smallest absolute Gasteiger partial charge is 0.487 e. The van der Waals surface area contributed by atoms with Gasteiger partial charge in [-0.05, 0) is 37.1 Å². The van der Waals surface area contributed by atoms with Gasteiger partial charge < -0.3 is 14.6 Å². The van der Waals surface area contributed by atoms with Gasteiger partial charge in [0.1, 0.15) is 24.6 Å².